The lowest BCUT2D eigenvalue weighted by molar-refractivity contribution is -0.122. The second kappa shape index (κ2) is 6.53. The van der Waals surface area contributed by atoms with Crippen molar-refractivity contribution in [3.63, 3.8) is 0 Å². The summed E-state index contributed by atoms with van der Waals surface area (Å²) in [5.74, 6) is 0.118. The highest BCUT2D eigenvalue weighted by Gasteiger charge is 2.31. The minimum absolute atomic E-state index is 0.0622. The van der Waals surface area contributed by atoms with Crippen LogP contribution in [-0.4, -0.2) is 5.91 Å². The Hall–Kier alpha value is -2.16. The van der Waals surface area contributed by atoms with Crippen LogP contribution in [0.1, 0.15) is 55.3 Å². The lowest BCUT2D eigenvalue weighted by Crippen LogP contribution is -2.30. The quantitative estimate of drug-likeness (QED) is 0.861. The largest absolute Gasteiger partial charge is 0.345 e. The molecule has 1 N–H and O–H groups in total. The summed E-state index contributed by atoms with van der Waals surface area (Å²) in [6.07, 6.45) is 1.90. The van der Waals surface area contributed by atoms with Gasteiger partial charge in [0, 0.05) is 5.92 Å². The van der Waals surface area contributed by atoms with Crippen molar-refractivity contribution in [2.45, 2.75) is 38.6 Å². The van der Waals surface area contributed by atoms with Gasteiger partial charge in [-0.2, -0.15) is 0 Å². The fraction of sp³-hybridized carbons (Fsp3) is 0.350. The maximum absolute atomic E-state index is 14.4. The van der Waals surface area contributed by atoms with Crippen molar-refractivity contribution in [3.8, 4) is 0 Å². The topological polar surface area (TPSA) is 29.1 Å². The lowest BCUT2D eigenvalue weighted by Gasteiger charge is -2.21. The van der Waals surface area contributed by atoms with E-state index < -0.39 is 0 Å². The van der Waals surface area contributed by atoms with Gasteiger partial charge in [0.25, 0.3) is 0 Å². The number of hydrogen-bond donors (Lipinski definition) is 1. The number of nitrogens with one attached hydrogen (secondary N) is 1. The molecule has 2 aromatic rings. The third kappa shape index (κ3) is 3.61. The van der Waals surface area contributed by atoms with Crippen LogP contribution < -0.4 is 5.32 Å². The summed E-state index contributed by atoms with van der Waals surface area (Å²) in [4.78, 5) is 12.2. The molecule has 1 aliphatic rings. The minimum atomic E-state index is -0.306. The van der Waals surface area contributed by atoms with Gasteiger partial charge in [0.2, 0.25) is 5.91 Å². The van der Waals surface area contributed by atoms with Gasteiger partial charge < -0.3 is 5.32 Å². The fourth-order valence-electron chi connectivity index (χ4n) is 2.80. The molecular weight excluding hydrogens is 289 g/mol. The average molecular weight is 311 g/mol. The van der Waals surface area contributed by atoms with Crippen molar-refractivity contribution < 1.29 is 9.18 Å². The summed E-state index contributed by atoms with van der Waals surface area (Å²) in [5.41, 5.74) is 2.46. The Morgan fingerprint density at radius 2 is 1.78 bits per heavy atom. The number of benzene rings is 2. The standard InChI is InChI=1S/C20H22FNO/c1-13(2)17-11-10-16(12-18(17)21)19(14-6-4-3-5-7-14)22-20(23)15-8-9-15/h3-7,10-13,15,19H,8-9H2,1-2H3,(H,22,23). The molecule has 2 aromatic carbocycles. The van der Waals surface area contributed by atoms with Gasteiger partial charge in [-0.25, -0.2) is 4.39 Å². The van der Waals surface area contributed by atoms with Crippen LogP contribution in [0.5, 0.6) is 0 Å². The molecule has 2 nitrogen and oxygen atoms in total. The summed E-state index contributed by atoms with van der Waals surface area (Å²) in [7, 11) is 0. The van der Waals surface area contributed by atoms with Gasteiger partial charge in [-0.15, -0.1) is 0 Å². The highest BCUT2D eigenvalue weighted by atomic mass is 19.1. The van der Waals surface area contributed by atoms with Crippen LogP contribution in [0.2, 0.25) is 0 Å². The fourth-order valence-corrected chi connectivity index (χ4v) is 2.80. The predicted molar refractivity (Wildman–Crippen MR) is 89.6 cm³/mol. The number of hydrogen-bond acceptors (Lipinski definition) is 1. The molecule has 0 bridgehead atoms. The molecule has 1 amide bonds. The Morgan fingerprint density at radius 1 is 1.09 bits per heavy atom. The predicted octanol–water partition coefficient (Wildman–Crippen LogP) is 4.56. The molecule has 0 aromatic heterocycles. The van der Waals surface area contributed by atoms with E-state index in [2.05, 4.69) is 5.32 Å². The van der Waals surface area contributed by atoms with Gasteiger partial charge in [0.1, 0.15) is 5.82 Å². The monoisotopic (exact) mass is 311 g/mol. The number of rotatable bonds is 5. The Balaban J connectivity index is 1.94. The van der Waals surface area contributed by atoms with E-state index in [0.29, 0.717) is 5.56 Å². The first-order valence-corrected chi connectivity index (χ1v) is 8.21. The Labute approximate surface area is 136 Å². The maximum atomic E-state index is 14.4. The molecule has 0 spiro atoms. The first kappa shape index (κ1) is 15.7. The average Bonchev–Trinajstić information content (AvgIpc) is 3.37. The van der Waals surface area contributed by atoms with Crippen molar-refractivity contribution in [3.05, 3.63) is 71.0 Å². The van der Waals surface area contributed by atoms with Crippen LogP contribution in [0.3, 0.4) is 0 Å². The SMILES string of the molecule is CC(C)c1ccc(C(NC(=O)C2CC2)c2ccccc2)cc1F. The molecule has 3 heteroatoms. The molecule has 1 unspecified atom stereocenters. The highest BCUT2D eigenvalue weighted by molar-refractivity contribution is 5.81. The molecule has 1 aliphatic carbocycles. The van der Waals surface area contributed by atoms with Crippen LogP contribution in [0, 0.1) is 11.7 Å². The molecule has 23 heavy (non-hydrogen) atoms. The van der Waals surface area contributed by atoms with Crippen LogP contribution in [0.4, 0.5) is 4.39 Å². The number of carbonyl (C=O) groups is 1. The van der Waals surface area contributed by atoms with Gasteiger partial charge in [-0.3, -0.25) is 4.79 Å². The second-order valence-corrected chi connectivity index (χ2v) is 6.56. The number of halogens is 1. The summed E-state index contributed by atoms with van der Waals surface area (Å²) in [6, 6.07) is 14.7. The molecule has 120 valence electrons. The molecule has 1 saturated carbocycles. The molecule has 0 aliphatic heterocycles. The van der Waals surface area contributed by atoms with Crippen LogP contribution >= 0.6 is 0 Å². The molecular formula is C20H22FNO. The lowest BCUT2D eigenvalue weighted by atomic mass is 9.94. The third-order valence-electron chi connectivity index (χ3n) is 4.35. The molecule has 3 rings (SSSR count). The molecule has 0 heterocycles. The van der Waals surface area contributed by atoms with E-state index in [0.717, 1.165) is 24.0 Å². The van der Waals surface area contributed by atoms with Crippen molar-refractivity contribution in [2.75, 3.05) is 0 Å². The first-order valence-electron chi connectivity index (χ1n) is 8.21. The van der Waals surface area contributed by atoms with Crippen molar-refractivity contribution in [2.24, 2.45) is 5.92 Å². The van der Waals surface area contributed by atoms with Crippen molar-refractivity contribution in [1.29, 1.82) is 0 Å². The zero-order valence-electron chi connectivity index (χ0n) is 13.6. The van der Waals surface area contributed by atoms with E-state index in [1.54, 1.807) is 6.07 Å². The Morgan fingerprint density at radius 3 is 2.35 bits per heavy atom. The van der Waals surface area contributed by atoms with Gasteiger partial charge in [-0.05, 0) is 41.5 Å². The second-order valence-electron chi connectivity index (χ2n) is 6.56. The number of carbonyl (C=O) groups excluding carboxylic acids is 1. The summed E-state index contributed by atoms with van der Waals surface area (Å²) >= 11 is 0. The van der Waals surface area contributed by atoms with Crippen molar-refractivity contribution >= 4 is 5.91 Å². The van der Waals surface area contributed by atoms with E-state index in [4.69, 9.17) is 0 Å². The van der Waals surface area contributed by atoms with E-state index in [9.17, 15) is 9.18 Å². The number of amides is 1. The van der Waals surface area contributed by atoms with E-state index in [-0.39, 0.29) is 29.6 Å². The van der Waals surface area contributed by atoms with E-state index >= 15 is 0 Å². The highest BCUT2D eigenvalue weighted by Crippen LogP contribution is 2.32. The maximum Gasteiger partial charge on any atom is 0.223 e. The summed E-state index contributed by atoms with van der Waals surface area (Å²) < 4.78 is 14.4. The minimum Gasteiger partial charge on any atom is -0.345 e. The van der Waals surface area contributed by atoms with E-state index in [1.165, 1.54) is 0 Å². The van der Waals surface area contributed by atoms with Gasteiger partial charge in [0.05, 0.1) is 6.04 Å². The first-order chi connectivity index (χ1) is 11.1. The van der Waals surface area contributed by atoms with Crippen LogP contribution in [0.15, 0.2) is 48.5 Å². The zero-order valence-corrected chi connectivity index (χ0v) is 13.6. The van der Waals surface area contributed by atoms with E-state index in [1.807, 2.05) is 56.3 Å². The summed E-state index contributed by atoms with van der Waals surface area (Å²) in [6.45, 7) is 3.95. The van der Waals surface area contributed by atoms with Crippen molar-refractivity contribution in [1.82, 2.24) is 5.32 Å². The van der Waals surface area contributed by atoms with Gasteiger partial charge in [-0.1, -0.05) is 56.3 Å². The van der Waals surface area contributed by atoms with Gasteiger partial charge >= 0.3 is 0 Å². The Bertz CT molecular complexity index is 692. The third-order valence-corrected chi connectivity index (χ3v) is 4.35. The smallest absolute Gasteiger partial charge is 0.223 e. The Kier molecular flexibility index (Phi) is 4.46. The molecule has 1 atom stereocenters. The molecule has 0 saturated heterocycles. The zero-order chi connectivity index (χ0) is 16.4. The van der Waals surface area contributed by atoms with Gasteiger partial charge in [0.15, 0.2) is 0 Å². The van der Waals surface area contributed by atoms with Crippen LogP contribution in [-0.2, 0) is 4.79 Å². The molecule has 0 radical (unpaired) electrons. The molecule has 1 fully saturated rings. The van der Waals surface area contributed by atoms with Crippen LogP contribution in [0.25, 0.3) is 0 Å². The summed E-state index contributed by atoms with van der Waals surface area (Å²) in [5, 5.41) is 3.08. The normalized spacial score (nSPS) is 15.5.